The Hall–Kier alpha value is -3.18. The van der Waals surface area contributed by atoms with Crippen LogP contribution in [-0.2, 0) is 14.8 Å². The number of aryl methyl sites for hydroxylation is 1. The van der Waals surface area contributed by atoms with Crippen LogP contribution >= 0.6 is 11.3 Å². The maximum atomic E-state index is 14.0. The smallest absolute Gasteiger partial charge is 0.267 e. The lowest BCUT2D eigenvalue weighted by molar-refractivity contribution is -0.117. The zero-order valence-corrected chi connectivity index (χ0v) is 17.3. The summed E-state index contributed by atoms with van der Waals surface area (Å²) in [4.78, 5) is 27.7. The summed E-state index contributed by atoms with van der Waals surface area (Å²) in [6.07, 6.45) is 0. The lowest BCUT2D eigenvalue weighted by Crippen LogP contribution is -2.28. The molecule has 7 nitrogen and oxygen atoms in total. The molecule has 0 atom stereocenters. The van der Waals surface area contributed by atoms with Gasteiger partial charge in [-0.05, 0) is 43.3 Å². The average molecular weight is 451 g/mol. The molecule has 0 saturated carbocycles. The summed E-state index contributed by atoms with van der Waals surface area (Å²) in [5, 5.41) is 2.61. The minimum absolute atomic E-state index is 0.0324. The van der Waals surface area contributed by atoms with Crippen molar-refractivity contribution in [2.24, 2.45) is 0 Å². The lowest BCUT2D eigenvalue weighted by atomic mass is 10.2. The van der Waals surface area contributed by atoms with Crippen molar-refractivity contribution in [3.05, 3.63) is 64.7 Å². The second-order valence-electron chi connectivity index (χ2n) is 6.17. The number of carbonyl (C=O) groups excluding carboxylic acids is 2. The minimum atomic E-state index is -3.99. The average Bonchev–Trinajstić information content (AvgIpc) is 3.02. The van der Waals surface area contributed by atoms with Crippen LogP contribution in [0.25, 0.3) is 10.6 Å². The van der Waals surface area contributed by atoms with Crippen LogP contribution in [0.5, 0.6) is 0 Å². The number of carbonyl (C=O) groups is 2. The van der Waals surface area contributed by atoms with Crippen LogP contribution in [0, 0.1) is 18.6 Å². The van der Waals surface area contributed by atoms with E-state index in [4.69, 9.17) is 0 Å². The number of nitrogens with one attached hydrogen (secondary N) is 2. The van der Waals surface area contributed by atoms with Gasteiger partial charge in [0.2, 0.25) is 5.91 Å². The summed E-state index contributed by atoms with van der Waals surface area (Å²) >= 11 is 0.836. The number of halogens is 2. The summed E-state index contributed by atoms with van der Waals surface area (Å²) < 4.78 is 53.7. The highest BCUT2D eigenvalue weighted by atomic mass is 32.2. The molecule has 0 saturated heterocycles. The first-order valence-corrected chi connectivity index (χ1v) is 10.7. The molecule has 156 valence electrons. The van der Waals surface area contributed by atoms with Gasteiger partial charge >= 0.3 is 0 Å². The first-order valence-electron chi connectivity index (χ1n) is 8.45. The van der Waals surface area contributed by atoms with Gasteiger partial charge in [0.15, 0.2) is 0 Å². The zero-order chi connectivity index (χ0) is 22.1. The Labute approximate surface area is 174 Å². The third kappa shape index (κ3) is 4.52. The molecule has 1 aromatic heterocycles. The van der Waals surface area contributed by atoms with Crippen molar-refractivity contribution in [2.75, 3.05) is 5.32 Å². The van der Waals surface area contributed by atoms with Crippen LogP contribution in [0.2, 0.25) is 0 Å². The van der Waals surface area contributed by atoms with Crippen LogP contribution in [0.15, 0.2) is 47.4 Å². The third-order valence-electron chi connectivity index (χ3n) is 3.88. The third-order valence-corrected chi connectivity index (χ3v) is 6.50. The van der Waals surface area contributed by atoms with Crippen molar-refractivity contribution >= 4 is 38.9 Å². The second kappa shape index (κ2) is 8.28. The molecule has 3 aromatic rings. The Kier molecular flexibility index (Phi) is 5.94. The van der Waals surface area contributed by atoms with Gasteiger partial charge in [-0.2, -0.15) is 0 Å². The van der Waals surface area contributed by atoms with Crippen LogP contribution in [0.1, 0.15) is 22.3 Å². The molecule has 2 N–H and O–H groups in total. The van der Waals surface area contributed by atoms with Gasteiger partial charge in [-0.3, -0.25) is 9.59 Å². The van der Waals surface area contributed by atoms with Crippen molar-refractivity contribution in [3.8, 4) is 10.6 Å². The molecular formula is C19H15F2N3O4S2. The van der Waals surface area contributed by atoms with E-state index in [-0.39, 0.29) is 26.0 Å². The van der Waals surface area contributed by atoms with E-state index >= 15 is 0 Å². The quantitative estimate of drug-likeness (QED) is 0.618. The van der Waals surface area contributed by atoms with E-state index in [1.807, 2.05) is 4.72 Å². The number of aromatic nitrogens is 1. The molecule has 0 aliphatic rings. The number of hydrogen-bond acceptors (Lipinski definition) is 6. The number of hydrogen-bond donors (Lipinski definition) is 2. The Morgan fingerprint density at radius 2 is 1.63 bits per heavy atom. The van der Waals surface area contributed by atoms with Crippen molar-refractivity contribution < 1.29 is 26.8 Å². The fraction of sp³-hybridized carbons (Fsp3) is 0.105. The van der Waals surface area contributed by atoms with Crippen molar-refractivity contribution in [2.45, 2.75) is 18.7 Å². The van der Waals surface area contributed by atoms with Crippen molar-refractivity contribution in [3.63, 3.8) is 0 Å². The molecule has 0 radical (unpaired) electrons. The Balaban J connectivity index is 1.82. The highest BCUT2D eigenvalue weighted by Crippen LogP contribution is 2.32. The summed E-state index contributed by atoms with van der Waals surface area (Å²) in [6, 6.07) is 8.58. The fourth-order valence-corrected chi connectivity index (χ4v) is 4.57. The second-order valence-corrected chi connectivity index (χ2v) is 8.85. The molecule has 1 heterocycles. The zero-order valence-electron chi connectivity index (χ0n) is 15.7. The molecule has 2 aromatic carbocycles. The van der Waals surface area contributed by atoms with Gasteiger partial charge in [0.25, 0.3) is 15.9 Å². The molecule has 0 fully saturated rings. The standard InChI is InChI=1S/C19H15F2N3O4S2/c1-10-17(29-19(22-10)16-14(20)4-3-5-15(16)21)18(26)23-12-6-8-13(9-7-12)30(27,28)24-11(2)25/h3-9H,1-2H3,(H,23,26)(H,24,25). The first kappa shape index (κ1) is 21.5. The van der Waals surface area contributed by atoms with E-state index < -0.39 is 33.5 Å². The van der Waals surface area contributed by atoms with Gasteiger partial charge in [-0.15, -0.1) is 11.3 Å². The van der Waals surface area contributed by atoms with E-state index in [2.05, 4.69) is 10.3 Å². The summed E-state index contributed by atoms with van der Waals surface area (Å²) in [6.45, 7) is 2.61. The molecule has 2 amide bonds. The van der Waals surface area contributed by atoms with E-state index in [9.17, 15) is 26.8 Å². The number of anilines is 1. The Bertz CT molecular complexity index is 1220. The Morgan fingerprint density at radius 1 is 1.03 bits per heavy atom. The number of amides is 2. The molecule has 0 aliphatic heterocycles. The Morgan fingerprint density at radius 3 is 2.20 bits per heavy atom. The normalized spacial score (nSPS) is 11.2. The predicted octanol–water partition coefficient (Wildman–Crippen LogP) is 3.47. The SMILES string of the molecule is CC(=O)NS(=O)(=O)c1ccc(NC(=O)c2sc(-c3c(F)cccc3F)nc2C)cc1. The minimum Gasteiger partial charge on any atom is -0.321 e. The van der Waals surface area contributed by atoms with Crippen LogP contribution < -0.4 is 10.0 Å². The topological polar surface area (TPSA) is 105 Å². The number of benzene rings is 2. The summed E-state index contributed by atoms with van der Waals surface area (Å²) in [5.74, 6) is -2.86. The molecule has 3 rings (SSSR count). The van der Waals surface area contributed by atoms with E-state index in [1.54, 1.807) is 0 Å². The van der Waals surface area contributed by atoms with Gasteiger partial charge in [0.05, 0.1) is 16.2 Å². The van der Waals surface area contributed by atoms with Crippen molar-refractivity contribution in [1.29, 1.82) is 0 Å². The molecule has 11 heteroatoms. The fourth-order valence-electron chi connectivity index (χ4n) is 2.57. The predicted molar refractivity (Wildman–Crippen MR) is 108 cm³/mol. The van der Waals surface area contributed by atoms with Gasteiger partial charge in [-0.25, -0.2) is 26.9 Å². The van der Waals surface area contributed by atoms with Gasteiger partial charge in [0, 0.05) is 12.6 Å². The number of nitrogens with zero attached hydrogens (tertiary/aromatic N) is 1. The molecule has 0 bridgehead atoms. The van der Waals surface area contributed by atoms with Crippen LogP contribution in [0.3, 0.4) is 0 Å². The van der Waals surface area contributed by atoms with Gasteiger partial charge in [-0.1, -0.05) is 6.07 Å². The highest BCUT2D eigenvalue weighted by Gasteiger charge is 2.21. The summed E-state index contributed by atoms with van der Waals surface area (Å²) in [5.41, 5.74) is 0.269. The molecule has 0 aliphatic carbocycles. The number of thiazole rings is 1. The lowest BCUT2D eigenvalue weighted by Gasteiger charge is -2.07. The summed E-state index contributed by atoms with van der Waals surface area (Å²) in [7, 11) is -3.99. The number of rotatable bonds is 5. The molecular weight excluding hydrogens is 436 g/mol. The molecule has 30 heavy (non-hydrogen) atoms. The molecule has 0 spiro atoms. The van der Waals surface area contributed by atoms with E-state index in [0.717, 1.165) is 30.4 Å². The van der Waals surface area contributed by atoms with Gasteiger partial charge in [0.1, 0.15) is 21.5 Å². The highest BCUT2D eigenvalue weighted by molar-refractivity contribution is 7.90. The largest absolute Gasteiger partial charge is 0.321 e. The van der Waals surface area contributed by atoms with Crippen LogP contribution in [0.4, 0.5) is 14.5 Å². The maximum absolute atomic E-state index is 14.0. The van der Waals surface area contributed by atoms with E-state index in [1.165, 1.54) is 37.3 Å². The van der Waals surface area contributed by atoms with Crippen LogP contribution in [-0.4, -0.2) is 25.2 Å². The first-order chi connectivity index (χ1) is 14.1. The maximum Gasteiger partial charge on any atom is 0.267 e. The van der Waals surface area contributed by atoms with Crippen molar-refractivity contribution in [1.82, 2.24) is 9.71 Å². The number of sulfonamides is 1. The molecule has 0 unspecified atom stereocenters. The monoisotopic (exact) mass is 451 g/mol. The van der Waals surface area contributed by atoms with Gasteiger partial charge < -0.3 is 5.32 Å². The van der Waals surface area contributed by atoms with E-state index in [0.29, 0.717) is 5.69 Å².